The Morgan fingerprint density at radius 3 is 2.06 bits per heavy atom. The van der Waals surface area contributed by atoms with Gasteiger partial charge in [-0.25, -0.2) is 4.79 Å². The third-order valence-corrected chi connectivity index (χ3v) is 16.6. The van der Waals surface area contributed by atoms with Crippen LogP contribution in [0.3, 0.4) is 0 Å². The molecule has 0 saturated carbocycles. The van der Waals surface area contributed by atoms with E-state index in [2.05, 4.69) is 67.7 Å². The molecule has 5 nitrogen and oxygen atoms in total. The van der Waals surface area contributed by atoms with Crippen LogP contribution >= 0.6 is 0 Å². The van der Waals surface area contributed by atoms with E-state index in [1.807, 2.05) is 37.3 Å². The maximum absolute atomic E-state index is 13.2. The van der Waals surface area contributed by atoms with E-state index in [4.69, 9.17) is 18.3 Å². The summed E-state index contributed by atoms with van der Waals surface area (Å²) in [6, 6.07) is 9.72. The highest BCUT2D eigenvalue weighted by Gasteiger charge is 2.52. The van der Waals surface area contributed by atoms with Crippen LogP contribution < -0.4 is 0 Å². The lowest BCUT2D eigenvalue weighted by molar-refractivity contribution is -0.166. The first kappa shape index (κ1) is 28.2. The minimum atomic E-state index is -2.12. The van der Waals surface area contributed by atoms with Gasteiger partial charge in [-0.15, -0.1) is 0 Å². The highest BCUT2D eigenvalue weighted by molar-refractivity contribution is 6.74. The normalized spacial score (nSPS) is 24.7. The summed E-state index contributed by atoms with van der Waals surface area (Å²) in [6.45, 7) is 24.9. The summed E-state index contributed by atoms with van der Waals surface area (Å²) in [5.74, 6) is -0.362. The van der Waals surface area contributed by atoms with Gasteiger partial charge < -0.3 is 18.3 Å². The fourth-order valence-electron chi connectivity index (χ4n) is 3.28. The SMILES string of the molecule is CC(C)(C)[Si](C)(C)OC[C@@]1(C)C[C@@H](O[Si](C)(C)C(C)(C)C)[C@@H](C(=O)OCc2ccccc2)O1. The third kappa shape index (κ3) is 7.24. The van der Waals surface area contributed by atoms with Crippen molar-refractivity contribution in [2.45, 2.75) is 116 Å². The van der Waals surface area contributed by atoms with E-state index >= 15 is 0 Å². The average molecular weight is 495 g/mol. The Morgan fingerprint density at radius 2 is 1.55 bits per heavy atom. The first-order chi connectivity index (χ1) is 14.9. The van der Waals surface area contributed by atoms with E-state index in [1.54, 1.807) is 0 Å². The van der Waals surface area contributed by atoms with Crippen molar-refractivity contribution < 1.29 is 23.1 Å². The van der Waals surface area contributed by atoms with Crippen molar-refractivity contribution in [3.05, 3.63) is 35.9 Å². The van der Waals surface area contributed by atoms with Gasteiger partial charge in [0.2, 0.25) is 0 Å². The summed E-state index contributed by atoms with van der Waals surface area (Å²) < 4.78 is 25.3. The van der Waals surface area contributed by atoms with Gasteiger partial charge in [0.1, 0.15) is 6.61 Å². The summed E-state index contributed by atoms with van der Waals surface area (Å²) >= 11 is 0. The van der Waals surface area contributed by atoms with Crippen molar-refractivity contribution >= 4 is 22.6 Å². The minimum Gasteiger partial charge on any atom is -0.459 e. The molecule has 1 aromatic rings. The quantitative estimate of drug-likeness (QED) is 0.298. The molecule has 0 aliphatic carbocycles. The van der Waals surface area contributed by atoms with E-state index in [0.717, 1.165) is 5.56 Å². The van der Waals surface area contributed by atoms with Gasteiger partial charge in [0.15, 0.2) is 22.7 Å². The zero-order valence-electron chi connectivity index (χ0n) is 22.7. The van der Waals surface area contributed by atoms with Crippen LogP contribution in [-0.4, -0.2) is 47.0 Å². The molecular weight excluding hydrogens is 448 g/mol. The molecular formula is C26H46O5Si2. The number of rotatable bonds is 8. The van der Waals surface area contributed by atoms with Crippen LogP contribution in [0, 0.1) is 0 Å². The molecule has 1 saturated heterocycles. The second kappa shape index (κ2) is 9.93. The number of carbonyl (C=O) groups is 1. The van der Waals surface area contributed by atoms with E-state index in [0.29, 0.717) is 13.0 Å². The molecule has 188 valence electrons. The van der Waals surface area contributed by atoms with Crippen molar-refractivity contribution in [2.75, 3.05) is 6.61 Å². The fourth-order valence-corrected chi connectivity index (χ4v) is 5.69. The summed E-state index contributed by atoms with van der Waals surface area (Å²) in [4.78, 5) is 13.2. The molecule has 1 aliphatic rings. The highest BCUT2D eigenvalue weighted by Crippen LogP contribution is 2.43. The number of benzene rings is 1. The molecule has 0 bridgehead atoms. The molecule has 0 amide bonds. The van der Waals surface area contributed by atoms with E-state index in [-0.39, 0.29) is 28.8 Å². The van der Waals surface area contributed by atoms with Crippen molar-refractivity contribution in [3.8, 4) is 0 Å². The Kier molecular flexibility index (Phi) is 8.50. The van der Waals surface area contributed by atoms with Gasteiger partial charge in [-0.05, 0) is 48.8 Å². The largest absolute Gasteiger partial charge is 0.459 e. The smallest absolute Gasteiger partial charge is 0.338 e. The van der Waals surface area contributed by atoms with Crippen LogP contribution in [0.1, 0.15) is 60.5 Å². The van der Waals surface area contributed by atoms with E-state index in [9.17, 15) is 4.79 Å². The van der Waals surface area contributed by atoms with Gasteiger partial charge in [0, 0.05) is 6.42 Å². The predicted octanol–water partition coefficient (Wildman–Crippen LogP) is 6.69. The van der Waals surface area contributed by atoms with E-state index < -0.39 is 28.3 Å². The maximum atomic E-state index is 13.2. The number of hydrogen-bond donors (Lipinski definition) is 0. The predicted molar refractivity (Wildman–Crippen MR) is 139 cm³/mol. The van der Waals surface area contributed by atoms with Gasteiger partial charge in [-0.2, -0.15) is 0 Å². The monoisotopic (exact) mass is 494 g/mol. The molecule has 0 aromatic heterocycles. The molecule has 33 heavy (non-hydrogen) atoms. The van der Waals surface area contributed by atoms with Crippen LogP contribution in [0.4, 0.5) is 0 Å². The fraction of sp³-hybridized carbons (Fsp3) is 0.731. The Labute approximate surface area is 203 Å². The second-order valence-electron chi connectivity index (χ2n) is 12.8. The van der Waals surface area contributed by atoms with Gasteiger partial charge in [0.05, 0.1) is 18.3 Å². The lowest BCUT2D eigenvalue weighted by atomic mass is 10.0. The van der Waals surface area contributed by atoms with Gasteiger partial charge >= 0.3 is 5.97 Å². The van der Waals surface area contributed by atoms with Gasteiger partial charge in [-0.1, -0.05) is 71.9 Å². The number of ether oxygens (including phenoxy) is 2. The van der Waals surface area contributed by atoms with Crippen molar-refractivity contribution in [2.24, 2.45) is 0 Å². The molecule has 0 spiro atoms. The molecule has 2 rings (SSSR count). The minimum absolute atomic E-state index is 0.0299. The summed E-state index contributed by atoms with van der Waals surface area (Å²) in [6.07, 6.45) is -0.489. The first-order valence-corrected chi connectivity index (χ1v) is 17.9. The molecule has 0 N–H and O–H groups in total. The van der Waals surface area contributed by atoms with Crippen molar-refractivity contribution in [1.82, 2.24) is 0 Å². The zero-order valence-corrected chi connectivity index (χ0v) is 24.7. The van der Waals surface area contributed by atoms with Gasteiger partial charge in [0.25, 0.3) is 0 Å². The number of carbonyl (C=O) groups excluding carboxylic acids is 1. The van der Waals surface area contributed by atoms with E-state index in [1.165, 1.54) is 0 Å². The van der Waals surface area contributed by atoms with Crippen molar-refractivity contribution in [1.29, 1.82) is 0 Å². The van der Waals surface area contributed by atoms with Crippen LogP contribution in [0.2, 0.25) is 36.3 Å². The third-order valence-electron chi connectivity index (χ3n) is 7.64. The van der Waals surface area contributed by atoms with Crippen LogP contribution in [0.25, 0.3) is 0 Å². The van der Waals surface area contributed by atoms with Crippen molar-refractivity contribution in [3.63, 3.8) is 0 Å². The lowest BCUT2D eigenvalue weighted by Crippen LogP contribution is -2.47. The van der Waals surface area contributed by atoms with Crippen LogP contribution in [0.15, 0.2) is 30.3 Å². The standard InChI is InChI=1S/C26H46O5Si2/c1-24(2,3)32(8,9)29-19-26(7)17-21(31-33(10,11)25(4,5)6)22(30-26)23(27)28-18-20-15-13-12-14-16-20/h12-16,21-22H,17-19H2,1-11H3/t21-,22+,26-/m1/s1. The summed E-state index contributed by atoms with van der Waals surface area (Å²) in [5.41, 5.74) is 0.355. The number of esters is 1. The van der Waals surface area contributed by atoms with Crippen LogP contribution in [0.5, 0.6) is 0 Å². The Morgan fingerprint density at radius 1 is 1.00 bits per heavy atom. The molecule has 1 fully saturated rings. The Bertz CT molecular complexity index is 795. The summed E-state index contributed by atoms with van der Waals surface area (Å²) in [7, 11) is -4.07. The average Bonchev–Trinajstić information content (AvgIpc) is 3.00. The highest BCUT2D eigenvalue weighted by atomic mass is 28.4. The molecule has 7 heteroatoms. The lowest BCUT2D eigenvalue weighted by Gasteiger charge is -2.39. The maximum Gasteiger partial charge on any atom is 0.338 e. The van der Waals surface area contributed by atoms with Gasteiger partial charge in [-0.3, -0.25) is 0 Å². The topological polar surface area (TPSA) is 54.0 Å². The zero-order chi connectivity index (χ0) is 25.3. The molecule has 1 aromatic carbocycles. The molecule has 1 heterocycles. The Hall–Kier alpha value is -0.996. The Balaban J connectivity index is 2.19. The first-order valence-electron chi connectivity index (χ1n) is 12.1. The molecule has 0 unspecified atom stereocenters. The number of hydrogen-bond acceptors (Lipinski definition) is 5. The second-order valence-corrected chi connectivity index (χ2v) is 22.3. The molecule has 3 atom stereocenters. The van der Waals surface area contributed by atoms with Crippen LogP contribution in [-0.2, 0) is 29.7 Å². The molecule has 1 aliphatic heterocycles. The summed E-state index contributed by atoms with van der Waals surface area (Å²) in [5, 5.41) is 0.134. The molecule has 0 radical (unpaired) electrons.